The normalized spacial score (nSPS) is 25.9. The molecule has 1 saturated heterocycles. The van der Waals surface area contributed by atoms with Gasteiger partial charge in [0.25, 0.3) is 0 Å². The van der Waals surface area contributed by atoms with E-state index in [-0.39, 0.29) is 32.4 Å². The number of aliphatic hydroxyl groups excluding tert-OH is 1. The van der Waals surface area contributed by atoms with Crippen molar-refractivity contribution in [1.29, 1.82) is 0 Å². The van der Waals surface area contributed by atoms with Gasteiger partial charge >= 0.3 is 5.97 Å². The van der Waals surface area contributed by atoms with E-state index in [1.54, 1.807) is 0 Å². The Morgan fingerprint density at radius 1 is 1.53 bits per heavy atom. The Kier molecular flexibility index (Phi) is 4.83. The molecule has 1 amide bonds. The molecular weight excluding hydrogens is 231 g/mol. The number of likely N-dealkylation sites (tertiary alicyclic amines) is 1. The minimum absolute atomic E-state index is 0.0260. The molecule has 98 valence electrons. The Bertz CT molecular complexity index is 300. The number of nitrogens with two attached hydrogens (primary N) is 1. The van der Waals surface area contributed by atoms with Gasteiger partial charge in [-0.15, -0.1) is 0 Å². The zero-order chi connectivity index (χ0) is 13.0. The SMILES string of the molecule is NC(CO)CCC(=O)N1CC(F)CC1C(=O)O. The molecule has 1 aliphatic rings. The van der Waals surface area contributed by atoms with Gasteiger partial charge in [-0.25, -0.2) is 9.18 Å². The van der Waals surface area contributed by atoms with Crippen molar-refractivity contribution in [3.05, 3.63) is 0 Å². The average Bonchev–Trinajstić information content (AvgIpc) is 2.67. The molecule has 1 heterocycles. The Morgan fingerprint density at radius 2 is 2.18 bits per heavy atom. The van der Waals surface area contributed by atoms with Crippen molar-refractivity contribution in [2.75, 3.05) is 13.2 Å². The molecule has 17 heavy (non-hydrogen) atoms. The molecule has 0 aromatic rings. The first-order chi connectivity index (χ1) is 7.95. The molecule has 3 unspecified atom stereocenters. The molecule has 0 bridgehead atoms. The van der Waals surface area contributed by atoms with Crippen molar-refractivity contribution in [3.8, 4) is 0 Å². The van der Waals surface area contributed by atoms with E-state index in [0.29, 0.717) is 0 Å². The van der Waals surface area contributed by atoms with E-state index in [9.17, 15) is 14.0 Å². The van der Waals surface area contributed by atoms with Crippen LogP contribution in [0.3, 0.4) is 0 Å². The number of amides is 1. The highest BCUT2D eigenvalue weighted by Gasteiger charge is 2.39. The number of hydrogen-bond donors (Lipinski definition) is 3. The van der Waals surface area contributed by atoms with Crippen LogP contribution in [-0.4, -0.2) is 58.4 Å². The van der Waals surface area contributed by atoms with Crippen LogP contribution in [0.25, 0.3) is 0 Å². The second-order valence-electron chi connectivity index (χ2n) is 4.21. The third kappa shape index (κ3) is 3.64. The van der Waals surface area contributed by atoms with Crippen LogP contribution in [-0.2, 0) is 9.59 Å². The Balaban J connectivity index is 2.52. The number of rotatable bonds is 5. The fraction of sp³-hybridized carbons (Fsp3) is 0.800. The largest absolute Gasteiger partial charge is 0.480 e. The third-order valence-electron chi connectivity index (χ3n) is 2.82. The standard InChI is InChI=1S/C10H17FN2O4/c11-6-3-8(10(16)17)13(4-6)9(15)2-1-7(12)5-14/h6-8,14H,1-5,12H2,(H,16,17). The van der Waals surface area contributed by atoms with E-state index in [0.717, 1.165) is 4.90 Å². The first kappa shape index (κ1) is 13.9. The van der Waals surface area contributed by atoms with Gasteiger partial charge in [0.1, 0.15) is 12.2 Å². The molecule has 0 aromatic heterocycles. The van der Waals surface area contributed by atoms with Gasteiger partial charge in [-0.2, -0.15) is 0 Å². The number of halogens is 1. The molecule has 6 nitrogen and oxygen atoms in total. The smallest absolute Gasteiger partial charge is 0.326 e. The fourth-order valence-electron chi connectivity index (χ4n) is 1.84. The number of carboxylic acid groups (broad SMARTS) is 1. The predicted molar refractivity (Wildman–Crippen MR) is 56.9 cm³/mol. The number of hydrogen-bond acceptors (Lipinski definition) is 4. The first-order valence-corrected chi connectivity index (χ1v) is 5.48. The van der Waals surface area contributed by atoms with Crippen molar-refractivity contribution in [2.45, 2.75) is 37.5 Å². The summed E-state index contributed by atoms with van der Waals surface area (Å²) in [5.41, 5.74) is 5.43. The van der Waals surface area contributed by atoms with Gasteiger partial charge in [-0.3, -0.25) is 4.79 Å². The fourth-order valence-corrected chi connectivity index (χ4v) is 1.84. The molecule has 0 aliphatic carbocycles. The quantitative estimate of drug-likeness (QED) is 0.585. The van der Waals surface area contributed by atoms with Gasteiger partial charge < -0.3 is 20.8 Å². The lowest BCUT2D eigenvalue weighted by molar-refractivity contribution is -0.148. The minimum atomic E-state index is -1.29. The molecule has 0 saturated carbocycles. The number of aliphatic carboxylic acids is 1. The summed E-state index contributed by atoms with van der Waals surface area (Å²) in [5.74, 6) is -1.62. The third-order valence-corrected chi connectivity index (χ3v) is 2.82. The van der Waals surface area contributed by atoms with Crippen LogP contribution >= 0.6 is 0 Å². The monoisotopic (exact) mass is 248 g/mol. The molecule has 1 fully saturated rings. The zero-order valence-electron chi connectivity index (χ0n) is 9.38. The van der Waals surface area contributed by atoms with E-state index in [4.69, 9.17) is 15.9 Å². The maximum atomic E-state index is 13.1. The highest BCUT2D eigenvalue weighted by atomic mass is 19.1. The molecular formula is C10H17FN2O4. The number of aliphatic hydroxyl groups is 1. The molecule has 0 spiro atoms. The topological polar surface area (TPSA) is 104 Å². The summed E-state index contributed by atoms with van der Waals surface area (Å²) in [6.07, 6.45) is -1.16. The second-order valence-corrected chi connectivity index (χ2v) is 4.21. The van der Waals surface area contributed by atoms with Gasteiger partial charge in [-0.1, -0.05) is 0 Å². The highest BCUT2D eigenvalue weighted by molar-refractivity contribution is 5.84. The van der Waals surface area contributed by atoms with Crippen LogP contribution < -0.4 is 5.73 Å². The lowest BCUT2D eigenvalue weighted by atomic mass is 10.1. The summed E-state index contributed by atoms with van der Waals surface area (Å²) in [6.45, 7) is -0.411. The summed E-state index contributed by atoms with van der Waals surface area (Å²) in [6, 6.07) is -1.59. The Morgan fingerprint density at radius 3 is 2.71 bits per heavy atom. The maximum Gasteiger partial charge on any atom is 0.326 e. The van der Waals surface area contributed by atoms with Gasteiger partial charge in [0.15, 0.2) is 0 Å². The van der Waals surface area contributed by atoms with Crippen molar-refractivity contribution >= 4 is 11.9 Å². The van der Waals surface area contributed by atoms with Crippen molar-refractivity contribution in [2.24, 2.45) is 5.73 Å². The molecule has 0 radical (unpaired) electrons. The van der Waals surface area contributed by atoms with E-state index in [1.165, 1.54) is 0 Å². The summed E-state index contributed by atoms with van der Waals surface area (Å²) >= 11 is 0. The predicted octanol–water partition coefficient (Wildman–Crippen LogP) is -0.890. The maximum absolute atomic E-state index is 13.1. The summed E-state index contributed by atoms with van der Waals surface area (Å²) in [7, 11) is 0. The zero-order valence-corrected chi connectivity index (χ0v) is 9.38. The second kappa shape index (κ2) is 5.92. The average molecular weight is 248 g/mol. The Hall–Kier alpha value is -1.21. The van der Waals surface area contributed by atoms with E-state index in [1.807, 2.05) is 0 Å². The van der Waals surface area contributed by atoms with Gasteiger partial charge in [-0.05, 0) is 6.42 Å². The van der Waals surface area contributed by atoms with Gasteiger partial charge in [0.05, 0.1) is 13.2 Å². The number of carbonyl (C=O) groups excluding carboxylic acids is 1. The lowest BCUT2D eigenvalue weighted by Gasteiger charge is -2.21. The molecule has 1 rings (SSSR count). The van der Waals surface area contributed by atoms with Gasteiger partial charge in [0.2, 0.25) is 5.91 Å². The molecule has 7 heteroatoms. The van der Waals surface area contributed by atoms with E-state index >= 15 is 0 Å². The molecule has 3 atom stereocenters. The van der Waals surface area contributed by atoms with Crippen LogP contribution in [0.2, 0.25) is 0 Å². The molecule has 1 aliphatic heterocycles. The van der Waals surface area contributed by atoms with Crippen LogP contribution in [0.1, 0.15) is 19.3 Å². The highest BCUT2D eigenvalue weighted by Crippen LogP contribution is 2.21. The number of alkyl halides is 1. The van der Waals surface area contributed by atoms with E-state index < -0.39 is 30.1 Å². The van der Waals surface area contributed by atoms with E-state index in [2.05, 4.69) is 0 Å². The van der Waals surface area contributed by atoms with Crippen molar-refractivity contribution in [1.82, 2.24) is 4.90 Å². The molecule has 4 N–H and O–H groups in total. The minimum Gasteiger partial charge on any atom is -0.480 e. The van der Waals surface area contributed by atoms with Gasteiger partial charge in [0, 0.05) is 18.9 Å². The van der Waals surface area contributed by atoms with Crippen LogP contribution in [0.5, 0.6) is 0 Å². The number of nitrogens with zero attached hydrogens (tertiary/aromatic N) is 1. The van der Waals surface area contributed by atoms with Crippen LogP contribution in [0, 0.1) is 0 Å². The summed E-state index contributed by atoms with van der Waals surface area (Å²) in [5, 5.41) is 17.5. The molecule has 0 aromatic carbocycles. The Labute approximate surface area is 98.2 Å². The van der Waals surface area contributed by atoms with Crippen molar-refractivity contribution in [3.63, 3.8) is 0 Å². The number of carbonyl (C=O) groups is 2. The summed E-state index contributed by atoms with van der Waals surface area (Å²) in [4.78, 5) is 23.6. The summed E-state index contributed by atoms with van der Waals surface area (Å²) < 4.78 is 13.1. The van der Waals surface area contributed by atoms with Crippen LogP contribution in [0.15, 0.2) is 0 Å². The first-order valence-electron chi connectivity index (χ1n) is 5.48. The van der Waals surface area contributed by atoms with Crippen molar-refractivity contribution < 1.29 is 24.2 Å². The number of carboxylic acids is 1. The van der Waals surface area contributed by atoms with Crippen LogP contribution in [0.4, 0.5) is 4.39 Å². The lowest BCUT2D eigenvalue weighted by Crippen LogP contribution is -2.41.